The van der Waals surface area contributed by atoms with Gasteiger partial charge in [-0.3, -0.25) is 0 Å². The van der Waals surface area contributed by atoms with E-state index in [4.69, 9.17) is 9.47 Å². The first-order chi connectivity index (χ1) is 20.2. The van der Waals surface area contributed by atoms with Crippen LogP contribution < -0.4 is 20.7 Å². The Kier molecular flexibility index (Phi) is 7.93. The highest BCUT2D eigenvalue weighted by Gasteiger charge is 2.30. The summed E-state index contributed by atoms with van der Waals surface area (Å²) in [7, 11) is 0.394. The molecular formula is C36H30NO3P. The molecule has 0 spiro atoms. The Morgan fingerprint density at radius 3 is 1.78 bits per heavy atom. The van der Waals surface area contributed by atoms with E-state index in [0.717, 1.165) is 22.0 Å². The van der Waals surface area contributed by atoms with Crippen LogP contribution in [0.3, 0.4) is 0 Å². The van der Waals surface area contributed by atoms with Gasteiger partial charge in [0.15, 0.2) is 6.61 Å². The fourth-order valence-electron chi connectivity index (χ4n) is 5.25. The number of carbonyl (C=O) groups excluding carboxylic acids is 1. The maximum atomic E-state index is 12.1. The first-order valence-electron chi connectivity index (χ1n) is 13.6. The molecule has 1 unspecified atom stereocenters. The van der Waals surface area contributed by atoms with Crippen molar-refractivity contribution in [3.05, 3.63) is 145 Å². The second-order valence-corrected chi connectivity index (χ2v) is 12.0. The molecule has 6 aromatic carbocycles. The molecule has 6 aromatic rings. The molecule has 0 aliphatic carbocycles. The lowest BCUT2D eigenvalue weighted by Crippen LogP contribution is -2.23. The van der Waals surface area contributed by atoms with Crippen molar-refractivity contribution in [1.29, 1.82) is 0 Å². The lowest BCUT2D eigenvalue weighted by atomic mass is 10.0. The zero-order valence-electron chi connectivity index (χ0n) is 22.7. The van der Waals surface area contributed by atoms with Crippen LogP contribution in [-0.2, 0) is 9.53 Å². The topological polar surface area (TPSA) is 47.6 Å². The van der Waals surface area contributed by atoms with Crippen molar-refractivity contribution < 1.29 is 14.3 Å². The van der Waals surface area contributed by atoms with Crippen molar-refractivity contribution in [2.75, 3.05) is 19.0 Å². The molecule has 0 saturated heterocycles. The molecular weight excluding hydrogens is 525 g/mol. The molecule has 0 heterocycles. The van der Waals surface area contributed by atoms with Gasteiger partial charge in [0.05, 0.1) is 18.6 Å². The molecule has 0 radical (unpaired) electrons. The van der Waals surface area contributed by atoms with Gasteiger partial charge in [0, 0.05) is 16.3 Å². The molecule has 0 aliphatic heterocycles. The quantitative estimate of drug-likeness (QED) is 0.112. The standard InChI is InChI=1S/C36H30NO3P/c1-39-34(38)25-40-33-23-13-12-22-32(33)36(41(28-16-4-2-5-17-28)29-18-6-3-7-19-29)37-35-30-20-10-8-14-26(30)24-27-15-9-11-21-31(27)35/h2-24,36-37H,25H2,1H3. The van der Waals surface area contributed by atoms with Crippen LogP contribution >= 0.6 is 7.92 Å². The van der Waals surface area contributed by atoms with Gasteiger partial charge >= 0.3 is 5.97 Å². The first kappa shape index (κ1) is 26.6. The Balaban J connectivity index is 1.59. The minimum Gasteiger partial charge on any atom is -0.482 e. The van der Waals surface area contributed by atoms with Gasteiger partial charge in [0.1, 0.15) is 5.75 Å². The van der Waals surface area contributed by atoms with Crippen LogP contribution in [0.1, 0.15) is 11.3 Å². The number of hydrogen-bond acceptors (Lipinski definition) is 4. The fourth-order valence-corrected chi connectivity index (χ4v) is 7.88. The van der Waals surface area contributed by atoms with Crippen LogP contribution in [0.15, 0.2) is 140 Å². The summed E-state index contributed by atoms with van der Waals surface area (Å²) in [4.78, 5) is 12.1. The molecule has 41 heavy (non-hydrogen) atoms. The summed E-state index contributed by atoms with van der Waals surface area (Å²) in [6.07, 6.45) is 0. The van der Waals surface area contributed by atoms with Gasteiger partial charge in [-0.25, -0.2) is 4.79 Å². The third kappa shape index (κ3) is 5.66. The number of para-hydroxylation sites is 1. The second-order valence-electron chi connectivity index (χ2n) is 9.68. The molecule has 0 aliphatic rings. The molecule has 1 atom stereocenters. The van der Waals surface area contributed by atoms with E-state index in [1.165, 1.54) is 28.5 Å². The zero-order chi connectivity index (χ0) is 28.0. The summed E-state index contributed by atoms with van der Waals surface area (Å²) in [5, 5.41) is 11.2. The lowest BCUT2D eigenvalue weighted by Gasteiger charge is -2.32. The summed E-state index contributed by atoms with van der Waals surface area (Å²) in [6.45, 7) is -0.161. The molecule has 0 fully saturated rings. The Hall–Kier alpha value is -4.66. The second kappa shape index (κ2) is 12.2. The summed E-state index contributed by atoms with van der Waals surface area (Å²) < 4.78 is 11.0. The van der Waals surface area contributed by atoms with Gasteiger partial charge < -0.3 is 14.8 Å². The summed E-state index contributed by atoms with van der Waals surface area (Å²) in [6, 6.07) is 48.5. The van der Waals surface area contributed by atoms with Gasteiger partial charge in [0.2, 0.25) is 0 Å². The van der Waals surface area contributed by atoms with E-state index in [1.54, 1.807) is 0 Å². The lowest BCUT2D eigenvalue weighted by molar-refractivity contribution is -0.142. The minimum atomic E-state index is -0.978. The van der Waals surface area contributed by atoms with Crippen molar-refractivity contribution in [2.24, 2.45) is 0 Å². The largest absolute Gasteiger partial charge is 0.482 e. The van der Waals surface area contributed by atoms with E-state index in [0.29, 0.717) is 5.75 Å². The number of ether oxygens (including phenoxy) is 2. The molecule has 4 nitrogen and oxygen atoms in total. The molecule has 0 amide bonds. The SMILES string of the molecule is COC(=O)COc1ccccc1C(Nc1c2ccccc2cc2ccccc12)P(c1ccccc1)c1ccccc1. The van der Waals surface area contributed by atoms with E-state index >= 15 is 0 Å². The number of anilines is 1. The van der Waals surface area contributed by atoms with Gasteiger partial charge in [-0.2, -0.15) is 0 Å². The monoisotopic (exact) mass is 555 g/mol. The van der Waals surface area contributed by atoms with E-state index < -0.39 is 13.9 Å². The Bertz CT molecular complexity index is 1700. The number of methoxy groups -OCH3 is 1. The fraction of sp³-hybridized carbons (Fsp3) is 0.0833. The average Bonchev–Trinajstić information content (AvgIpc) is 3.04. The van der Waals surface area contributed by atoms with Crippen LogP contribution in [0.5, 0.6) is 5.75 Å². The van der Waals surface area contributed by atoms with Gasteiger partial charge in [-0.05, 0) is 41.4 Å². The number of hydrogen-bond donors (Lipinski definition) is 1. The van der Waals surface area contributed by atoms with E-state index in [-0.39, 0.29) is 12.4 Å². The Morgan fingerprint density at radius 2 is 1.20 bits per heavy atom. The third-order valence-electron chi connectivity index (χ3n) is 7.17. The first-order valence-corrected chi connectivity index (χ1v) is 15.0. The summed E-state index contributed by atoms with van der Waals surface area (Å²) in [5.41, 5.74) is 2.05. The van der Waals surface area contributed by atoms with Crippen LogP contribution in [0.4, 0.5) is 5.69 Å². The van der Waals surface area contributed by atoms with Gasteiger partial charge in [0.25, 0.3) is 0 Å². The smallest absolute Gasteiger partial charge is 0.343 e. The maximum absolute atomic E-state index is 12.1. The maximum Gasteiger partial charge on any atom is 0.343 e. The van der Waals surface area contributed by atoms with Gasteiger partial charge in [-0.15, -0.1) is 0 Å². The van der Waals surface area contributed by atoms with Crippen molar-refractivity contribution in [3.8, 4) is 5.75 Å². The normalized spacial score (nSPS) is 11.9. The molecule has 0 aromatic heterocycles. The van der Waals surface area contributed by atoms with Gasteiger partial charge in [-0.1, -0.05) is 127 Å². The number of nitrogens with one attached hydrogen (secondary N) is 1. The summed E-state index contributed by atoms with van der Waals surface area (Å²) in [5.74, 6) is 0.0508. The molecule has 1 N–H and O–H groups in total. The Labute approximate surface area is 241 Å². The number of rotatable bonds is 9. The number of fused-ring (bicyclic) bond motifs is 2. The molecule has 5 heteroatoms. The van der Waals surface area contributed by atoms with Crippen LogP contribution in [0.2, 0.25) is 0 Å². The molecule has 0 saturated carbocycles. The number of carbonyl (C=O) groups is 1. The van der Waals surface area contributed by atoms with Crippen LogP contribution in [0.25, 0.3) is 21.5 Å². The van der Waals surface area contributed by atoms with Crippen molar-refractivity contribution in [1.82, 2.24) is 0 Å². The molecule has 6 rings (SSSR count). The van der Waals surface area contributed by atoms with E-state index in [1.807, 2.05) is 18.2 Å². The highest BCUT2D eigenvalue weighted by molar-refractivity contribution is 7.73. The van der Waals surface area contributed by atoms with Crippen molar-refractivity contribution >= 4 is 51.7 Å². The van der Waals surface area contributed by atoms with Crippen LogP contribution in [0, 0.1) is 0 Å². The van der Waals surface area contributed by atoms with E-state index in [2.05, 4.69) is 127 Å². The zero-order valence-corrected chi connectivity index (χ0v) is 23.6. The van der Waals surface area contributed by atoms with Crippen molar-refractivity contribution in [2.45, 2.75) is 5.78 Å². The Morgan fingerprint density at radius 1 is 0.683 bits per heavy atom. The highest BCUT2D eigenvalue weighted by Crippen LogP contribution is 2.53. The number of benzene rings is 6. The highest BCUT2D eigenvalue weighted by atomic mass is 31.1. The van der Waals surface area contributed by atoms with E-state index in [9.17, 15) is 4.79 Å². The molecule has 0 bridgehead atoms. The van der Waals surface area contributed by atoms with Crippen molar-refractivity contribution in [3.63, 3.8) is 0 Å². The number of esters is 1. The summed E-state index contributed by atoms with van der Waals surface area (Å²) >= 11 is 0. The minimum absolute atomic E-state index is 0.161. The predicted octanol–water partition coefficient (Wildman–Crippen LogP) is 7.79. The predicted molar refractivity (Wildman–Crippen MR) is 171 cm³/mol. The average molecular weight is 556 g/mol. The molecule has 202 valence electrons. The third-order valence-corrected chi connectivity index (χ3v) is 9.80. The van der Waals surface area contributed by atoms with Crippen LogP contribution in [-0.4, -0.2) is 19.7 Å².